The largest absolute Gasteiger partial charge is 0.488 e. The molecule has 1 aromatic carbocycles. The van der Waals surface area contributed by atoms with Crippen molar-refractivity contribution in [2.45, 2.75) is 37.6 Å². The number of nitrogens with one attached hydrogen (secondary N) is 1. The molecule has 0 radical (unpaired) electrons. The maximum Gasteiger partial charge on any atom is 0.417 e. The SMILES string of the molecule is COCCOc1c([C@H]2[C@H](C(=O)Nc3ccnc(N4CCN(C)CC4=O)c3)O[C@@](C)(C(F)(F)F)[C@H]2C)ccc(F)c1F. The third kappa shape index (κ3) is 5.99. The topological polar surface area (TPSA) is 93.2 Å². The van der Waals surface area contributed by atoms with Crippen LogP contribution < -0.4 is 15.0 Å². The highest BCUT2D eigenvalue weighted by atomic mass is 19.4. The lowest BCUT2D eigenvalue weighted by Crippen LogP contribution is -2.49. The van der Waals surface area contributed by atoms with Gasteiger partial charge in [0.05, 0.1) is 13.2 Å². The molecule has 0 saturated carbocycles. The van der Waals surface area contributed by atoms with Gasteiger partial charge >= 0.3 is 6.18 Å². The number of hydrogen-bond donors (Lipinski definition) is 1. The van der Waals surface area contributed by atoms with E-state index in [0.717, 1.165) is 19.1 Å². The molecule has 1 aromatic heterocycles. The van der Waals surface area contributed by atoms with Crippen LogP contribution in [0.3, 0.4) is 0 Å². The van der Waals surface area contributed by atoms with Crippen LogP contribution in [0.15, 0.2) is 30.5 Å². The van der Waals surface area contributed by atoms with Crippen molar-refractivity contribution in [3.8, 4) is 5.75 Å². The maximum atomic E-state index is 14.9. The van der Waals surface area contributed by atoms with Crippen molar-refractivity contribution < 1.29 is 45.8 Å². The van der Waals surface area contributed by atoms with Gasteiger partial charge in [-0.2, -0.15) is 17.6 Å². The summed E-state index contributed by atoms with van der Waals surface area (Å²) in [5.41, 5.74) is -2.80. The Morgan fingerprint density at radius 1 is 1.22 bits per heavy atom. The first kappa shape index (κ1) is 30.6. The van der Waals surface area contributed by atoms with Gasteiger partial charge in [-0.3, -0.25) is 19.4 Å². The van der Waals surface area contributed by atoms with Crippen LogP contribution >= 0.6 is 0 Å². The maximum absolute atomic E-state index is 14.9. The van der Waals surface area contributed by atoms with E-state index in [9.17, 15) is 31.5 Å². The number of hydrogen-bond acceptors (Lipinski definition) is 7. The number of ether oxygens (including phenoxy) is 3. The van der Waals surface area contributed by atoms with Gasteiger partial charge in [0, 0.05) is 55.5 Å². The van der Waals surface area contributed by atoms with Crippen LogP contribution in [0.5, 0.6) is 5.75 Å². The number of anilines is 2. The highest BCUT2D eigenvalue weighted by Crippen LogP contribution is 2.55. The Morgan fingerprint density at radius 2 is 1.95 bits per heavy atom. The third-order valence-electron chi connectivity index (χ3n) is 7.60. The lowest BCUT2D eigenvalue weighted by atomic mass is 9.77. The zero-order chi connectivity index (χ0) is 30.1. The summed E-state index contributed by atoms with van der Waals surface area (Å²) in [6.07, 6.45) is -5.32. The summed E-state index contributed by atoms with van der Waals surface area (Å²) < 4.78 is 87.6. The number of methoxy groups -OCH3 is 1. The van der Waals surface area contributed by atoms with Gasteiger partial charge in [-0.1, -0.05) is 13.0 Å². The molecule has 0 unspecified atom stereocenters. The highest BCUT2D eigenvalue weighted by molar-refractivity contribution is 5.97. The molecule has 2 aliphatic heterocycles. The number of amides is 2. The van der Waals surface area contributed by atoms with E-state index in [0.29, 0.717) is 13.1 Å². The molecule has 9 nitrogen and oxygen atoms in total. The number of carbonyl (C=O) groups excluding carboxylic acids is 2. The minimum atomic E-state index is -4.90. The molecule has 2 aliphatic rings. The average Bonchev–Trinajstić information content (AvgIpc) is 3.18. The molecule has 14 heteroatoms. The molecule has 4 rings (SSSR count). The number of likely N-dealkylation sites (N-methyl/N-ethyl adjacent to an activating group) is 1. The Balaban J connectivity index is 1.69. The monoisotopic (exact) mass is 586 g/mol. The van der Waals surface area contributed by atoms with E-state index in [-0.39, 0.29) is 42.7 Å². The van der Waals surface area contributed by atoms with Crippen molar-refractivity contribution in [3.63, 3.8) is 0 Å². The van der Waals surface area contributed by atoms with Crippen LogP contribution in [0.25, 0.3) is 0 Å². The molecule has 1 N–H and O–H groups in total. The summed E-state index contributed by atoms with van der Waals surface area (Å²) in [5, 5.41) is 2.55. The van der Waals surface area contributed by atoms with Crippen LogP contribution in [0.2, 0.25) is 0 Å². The number of aromatic nitrogens is 1. The fraction of sp³-hybridized carbons (Fsp3) is 0.519. The van der Waals surface area contributed by atoms with E-state index < -0.39 is 53.0 Å². The van der Waals surface area contributed by atoms with Gasteiger partial charge in [0.2, 0.25) is 11.7 Å². The van der Waals surface area contributed by atoms with E-state index >= 15 is 0 Å². The number of alkyl halides is 3. The Bertz CT molecular complexity index is 1300. The first-order valence-corrected chi connectivity index (χ1v) is 12.9. The summed E-state index contributed by atoms with van der Waals surface area (Å²) in [7, 11) is 3.16. The normalized spacial score (nSPS) is 25.4. The Morgan fingerprint density at radius 3 is 2.61 bits per heavy atom. The molecular weight excluding hydrogens is 555 g/mol. The van der Waals surface area contributed by atoms with E-state index in [4.69, 9.17) is 14.2 Å². The molecule has 4 atom stereocenters. The van der Waals surface area contributed by atoms with Crippen LogP contribution in [0.4, 0.5) is 33.5 Å². The second kappa shape index (κ2) is 11.9. The molecule has 224 valence electrons. The van der Waals surface area contributed by atoms with E-state index in [1.807, 2.05) is 4.90 Å². The Hall–Kier alpha value is -3.36. The summed E-state index contributed by atoms with van der Waals surface area (Å²) in [5.74, 6) is -6.98. The van der Waals surface area contributed by atoms with Crippen LogP contribution in [-0.4, -0.2) is 86.6 Å². The molecular formula is C27H31F5N4O5. The lowest BCUT2D eigenvalue weighted by Gasteiger charge is -2.32. The molecule has 2 aromatic rings. The van der Waals surface area contributed by atoms with Gasteiger partial charge in [-0.15, -0.1) is 0 Å². The van der Waals surface area contributed by atoms with E-state index in [1.54, 1.807) is 7.05 Å². The molecule has 3 heterocycles. The van der Waals surface area contributed by atoms with Crippen molar-refractivity contribution in [2.24, 2.45) is 5.92 Å². The standard InChI is InChI=1S/C27H31F5N4O5/c1-15-21(17-5-6-18(28)22(29)23(17)40-12-11-39-4)24(41-26(15,2)27(30,31)32)25(38)34-16-7-8-33-19(13-16)36-10-9-35(3)14-20(36)37/h5-8,13,15,21,24H,9-12,14H2,1-4H3,(H,33,34,38)/t15-,21-,24+,26+/m0/s1. The van der Waals surface area contributed by atoms with Crippen molar-refractivity contribution in [1.29, 1.82) is 0 Å². The van der Waals surface area contributed by atoms with Crippen LogP contribution in [0, 0.1) is 17.6 Å². The number of carbonyl (C=O) groups is 2. The van der Waals surface area contributed by atoms with Crippen molar-refractivity contribution in [1.82, 2.24) is 9.88 Å². The quantitative estimate of drug-likeness (QED) is 0.372. The van der Waals surface area contributed by atoms with Crippen LogP contribution in [-0.2, 0) is 19.1 Å². The van der Waals surface area contributed by atoms with Gasteiger partial charge in [-0.05, 0) is 26.1 Å². The number of rotatable bonds is 8. The van der Waals surface area contributed by atoms with E-state index in [2.05, 4.69) is 10.3 Å². The highest BCUT2D eigenvalue weighted by Gasteiger charge is 2.66. The predicted octanol–water partition coefficient (Wildman–Crippen LogP) is 3.74. The molecule has 2 saturated heterocycles. The second-order valence-corrected chi connectivity index (χ2v) is 10.3. The number of piperazine rings is 1. The van der Waals surface area contributed by atoms with Gasteiger partial charge in [0.15, 0.2) is 17.2 Å². The minimum Gasteiger partial charge on any atom is -0.488 e. The Kier molecular flexibility index (Phi) is 8.85. The minimum absolute atomic E-state index is 0.00349. The fourth-order valence-electron chi connectivity index (χ4n) is 5.10. The molecule has 41 heavy (non-hydrogen) atoms. The van der Waals surface area contributed by atoms with Crippen molar-refractivity contribution >= 4 is 23.3 Å². The average molecular weight is 587 g/mol. The van der Waals surface area contributed by atoms with Gasteiger partial charge in [0.25, 0.3) is 5.91 Å². The Labute approximate surface area is 233 Å². The number of halogens is 5. The summed E-state index contributed by atoms with van der Waals surface area (Å²) in [4.78, 5) is 33.5. The third-order valence-corrected chi connectivity index (χ3v) is 7.60. The molecule has 2 fully saturated rings. The summed E-state index contributed by atoms with van der Waals surface area (Å²) in [6, 6.07) is 4.70. The number of pyridine rings is 1. The van der Waals surface area contributed by atoms with Gasteiger partial charge in [-0.25, -0.2) is 9.37 Å². The predicted molar refractivity (Wildman–Crippen MR) is 138 cm³/mol. The molecule has 2 amide bonds. The van der Waals surface area contributed by atoms with E-state index in [1.165, 1.54) is 37.3 Å². The second-order valence-electron chi connectivity index (χ2n) is 10.3. The molecule has 0 spiro atoms. The number of benzene rings is 1. The van der Waals surface area contributed by atoms with Gasteiger partial charge in [0.1, 0.15) is 18.5 Å². The lowest BCUT2D eigenvalue weighted by molar-refractivity contribution is -0.272. The molecule has 0 aliphatic carbocycles. The first-order chi connectivity index (χ1) is 19.3. The summed E-state index contributed by atoms with van der Waals surface area (Å²) >= 11 is 0. The zero-order valence-electron chi connectivity index (χ0n) is 22.9. The first-order valence-electron chi connectivity index (χ1n) is 12.9. The summed E-state index contributed by atoms with van der Waals surface area (Å²) in [6.45, 7) is 2.95. The van der Waals surface area contributed by atoms with Crippen LogP contribution in [0.1, 0.15) is 25.3 Å². The number of nitrogens with zero attached hydrogens (tertiary/aromatic N) is 3. The van der Waals surface area contributed by atoms with Crippen molar-refractivity contribution in [3.05, 3.63) is 47.7 Å². The zero-order valence-corrected chi connectivity index (χ0v) is 22.9. The van der Waals surface area contributed by atoms with Crippen molar-refractivity contribution in [2.75, 3.05) is 57.2 Å². The van der Waals surface area contributed by atoms with Gasteiger partial charge < -0.3 is 19.5 Å². The fourth-order valence-corrected chi connectivity index (χ4v) is 5.10. The molecule has 0 bridgehead atoms. The smallest absolute Gasteiger partial charge is 0.417 e.